The number of H-pyrrole nitrogens is 1. The quantitative estimate of drug-likeness (QED) is 0.684. The highest BCUT2D eigenvalue weighted by Crippen LogP contribution is 2.29. The number of hydrogen-bond acceptors (Lipinski definition) is 2. The average molecular weight is 363 g/mol. The van der Waals surface area contributed by atoms with Crippen LogP contribution in [0, 0.1) is 0 Å². The van der Waals surface area contributed by atoms with Crippen molar-refractivity contribution in [2.24, 2.45) is 0 Å². The number of aromatic nitrogens is 2. The first kappa shape index (κ1) is 17.8. The number of para-hydroxylation sites is 2. The number of aromatic amines is 1. The van der Waals surface area contributed by atoms with Crippen molar-refractivity contribution >= 4 is 16.9 Å². The third kappa shape index (κ3) is 3.79. The normalized spacial score (nSPS) is 11.7. The summed E-state index contributed by atoms with van der Waals surface area (Å²) in [5.41, 5.74) is 0.660. The summed E-state index contributed by atoms with van der Waals surface area (Å²) in [5.74, 6) is -0.454. The fourth-order valence-corrected chi connectivity index (χ4v) is 2.68. The number of fused-ring (bicyclic) bond motifs is 1. The van der Waals surface area contributed by atoms with Gasteiger partial charge >= 0.3 is 11.9 Å². The van der Waals surface area contributed by atoms with E-state index in [1.807, 2.05) is 18.2 Å². The molecule has 0 aliphatic carbocycles. The Morgan fingerprint density at radius 1 is 1.08 bits per heavy atom. The molecule has 1 heterocycles. The molecule has 2 aromatic carbocycles. The molecule has 136 valence electrons. The van der Waals surface area contributed by atoms with Gasteiger partial charge in [0.1, 0.15) is 0 Å². The van der Waals surface area contributed by atoms with Gasteiger partial charge in [-0.05, 0) is 42.8 Å². The summed E-state index contributed by atoms with van der Waals surface area (Å²) in [5, 5.41) is 2.64. The number of nitrogens with zero attached hydrogens (tertiary/aromatic N) is 1. The number of aryl methyl sites for hydroxylation is 1. The van der Waals surface area contributed by atoms with Gasteiger partial charge in [-0.25, -0.2) is 4.79 Å². The summed E-state index contributed by atoms with van der Waals surface area (Å²) in [6, 6.07) is 11.3. The highest BCUT2D eigenvalue weighted by molar-refractivity contribution is 5.94. The molecule has 3 aromatic rings. The van der Waals surface area contributed by atoms with Crippen LogP contribution in [0.1, 0.15) is 22.3 Å². The summed E-state index contributed by atoms with van der Waals surface area (Å²) in [6.45, 7) is 0.710. The number of amides is 1. The third-order valence-corrected chi connectivity index (χ3v) is 4.00. The Balaban J connectivity index is 1.55. The lowest BCUT2D eigenvalue weighted by molar-refractivity contribution is -0.137. The lowest BCUT2D eigenvalue weighted by Gasteiger charge is -2.08. The molecule has 3 rings (SSSR count). The lowest BCUT2D eigenvalue weighted by Crippen LogP contribution is -2.26. The number of hydrogen-bond donors (Lipinski definition) is 2. The van der Waals surface area contributed by atoms with Crippen molar-refractivity contribution in [3.8, 4) is 0 Å². The molecule has 1 aromatic heterocycles. The third-order valence-electron chi connectivity index (χ3n) is 4.00. The zero-order valence-electron chi connectivity index (χ0n) is 13.6. The van der Waals surface area contributed by atoms with E-state index in [1.54, 1.807) is 10.6 Å². The van der Waals surface area contributed by atoms with Gasteiger partial charge < -0.3 is 10.3 Å². The molecule has 2 N–H and O–H groups in total. The Labute approximate surface area is 146 Å². The first-order valence-corrected chi connectivity index (χ1v) is 7.99. The number of carbonyl (C=O) groups excluding carboxylic acids is 1. The minimum Gasteiger partial charge on any atom is -0.352 e. The molecule has 0 saturated carbocycles. The van der Waals surface area contributed by atoms with Crippen molar-refractivity contribution in [1.29, 1.82) is 0 Å². The van der Waals surface area contributed by atoms with Crippen LogP contribution < -0.4 is 11.0 Å². The topological polar surface area (TPSA) is 66.9 Å². The molecule has 26 heavy (non-hydrogen) atoms. The van der Waals surface area contributed by atoms with Crippen molar-refractivity contribution in [3.63, 3.8) is 0 Å². The van der Waals surface area contributed by atoms with Crippen LogP contribution in [0.25, 0.3) is 11.0 Å². The minimum atomic E-state index is -4.43. The van der Waals surface area contributed by atoms with Crippen molar-refractivity contribution in [2.45, 2.75) is 19.1 Å². The number of imidazole rings is 1. The second-order valence-electron chi connectivity index (χ2n) is 5.78. The molecule has 0 unspecified atom stereocenters. The van der Waals surface area contributed by atoms with E-state index < -0.39 is 17.6 Å². The van der Waals surface area contributed by atoms with Crippen LogP contribution in [-0.4, -0.2) is 22.0 Å². The molecular formula is C18H16F3N3O2. The first-order chi connectivity index (χ1) is 12.4. The molecule has 5 nitrogen and oxygen atoms in total. The van der Waals surface area contributed by atoms with Gasteiger partial charge in [0.05, 0.1) is 16.6 Å². The zero-order chi connectivity index (χ0) is 18.7. The van der Waals surface area contributed by atoms with Gasteiger partial charge in [-0.15, -0.1) is 0 Å². The molecule has 0 radical (unpaired) electrons. The summed E-state index contributed by atoms with van der Waals surface area (Å²) >= 11 is 0. The Morgan fingerprint density at radius 2 is 1.77 bits per heavy atom. The van der Waals surface area contributed by atoms with Crippen molar-refractivity contribution in [2.75, 3.05) is 6.54 Å². The molecule has 0 saturated heterocycles. The fraction of sp³-hybridized carbons (Fsp3) is 0.222. The summed E-state index contributed by atoms with van der Waals surface area (Å²) in [7, 11) is 0. The molecule has 0 atom stereocenters. The van der Waals surface area contributed by atoms with E-state index in [0.29, 0.717) is 19.5 Å². The van der Waals surface area contributed by atoms with Gasteiger partial charge in [0.15, 0.2) is 0 Å². The van der Waals surface area contributed by atoms with E-state index in [9.17, 15) is 22.8 Å². The van der Waals surface area contributed by atoms with Crippen LogP contribution in [0.15, 0.2) is 53.3 Å². The maximum Gasteiger partial charge on any atom is 0.416 e. The van der Waals surface area contributed by atoms with E-state index >= 15 is 0 Å². The number of rotatable bonds is 5. The molecule has 8 heteroatoms. The molecule has 0 bridgehead atoms. The monoisotopic (exact) mass is 363 g/mol. The van der Waals surface area contributed by atoms with Crippen LogP contribution in [0.4, 0.5) is 13.2 Å². The first-order valence-electron chi connectivity index (χ1n) is 7.99. The molecule has 1 amide bonds. The van der Waals surface area contributed by atoms with Gasteiger partial charge in [-0.1, -0.05) is 12.1 Å². The van der Waals surface area contributed by atoms with Crippen LogP contribution in [0.3, 0.4) is 0 Å². The molecule has 0 spiro atoms. The van der Waals surface area contributed by atoms with Crippen LogP contribution >= 0.6 is 0 Å². The Morgan fingerprint density at radius 3 is 2.46 bits per heavy atom. The highest BCUT2D eigenvalue weighted by atomic mass is 19.4. The summed E-state index contributed by atoms with van der Waals surface area (Å²) in [6.07, 6.45) is -3.92. The van der Waals surface area contributed by atoms with Crippen LogP contribution in [-0.2, 0) is 12.7 Å². The molecule has 0 aliphatic rings. The summed E-state index contributed by atoms with van der Waals surface area (Å²) in [4.78, 5) is 26.7. The number of carbonyl (C=O) groups is 1. The summed E-state index contributed by atoms with van der Waals surface area (Å²) < 4.78 is 39.1. The van der Waals surface area contributed by atoms with E-state index in [-0.39, 0.29) is 11.3 Å². The van der Waals surface area contributed by atoms with Gasteiger partial charge in [0.2, 0.25) is 0 Å². The maximum atomic E-state index is 12.5. The minimum absolute atomic E-state index is 0.155. The fourth-order valence-electron chi connectivity index (χ4n) is 2.68. The Hall–Kier alpha value is -3.03. The van der Waals surface area contributed by atoms with Crippen molar-refractivity contribution < 1.29 is 18.0 Å². The van der Waals surface area contributed by atoms with E-state index in [2.05, 4.69) is 10.3 Å². The second-order valence-corrected chi connectivity index (χ2v) is 5.78. The SMILES string of the molecule is O=C(NCCCn1c(=O)[nH]c2ccccc21)c1ccc(C(F)(F)F)cc1. The van der Waals surface area contributed by atoms with Crippen LogP contribution in [0.5, 0.6) is 0 Å². The lowest BCUT2D eigenvalue weighted by atomic mass is 10.1. The van der Waals surface area contributed by atoms with Crippen molar-refractivity contribution in [3.05, 3.63) is 70.1 Å². The Bertz CT molecular complexity index is 972. The van der Waals surface area contributed by atoms with Crippen molar-refractivity contribution in [1.82, 2.24) is 14.9 Å². The smallest absolute Gasteiger partial charge is 0.352 e. The van der Waals surface area contributed by atoms with Gasteiger partial charge in [0.25, 0.3) is 5.91 Å². The van der Waals surface area contributed by atoms with Gasteiger partial charge in [-0.3, -0.25) is 9.36 Å². The second kappa shape index (κ2) is 7.07. The number of halogens is 3. The predicted molar refractivity (Wildman–Crippen MR) is 91.0 cm³/mol. The van der Waals surface area contributed by atoms with E-state index in [4.69, 9.17) is 0 Å². The maximum absolute atomic E-state index is 12.5. The standard InChI is InChI=1S/C18H16F3N3O2/c19-18(20,21)13-8-6-12(7-9-13)16(25)22-10-3-11-24-15-5-2-1-4-14(15)23-17(24)26/h1-2,4-9H,3,10-11H2,(H,22,25)(H,23,26). The number of alkyl halides is 3. The number of benzene rings is 2. The molecular weight excluding hydrogens is 347 g/mol. The Kier molecular flexibility index (Phi) is 4.83. The average Bonchev–Trinajstić information content (AvgIpc) is 2.93. The molecule has 0 aliphatic heterocycles. The van der Waals surface area contributed by atoms with Crippen LogP contribution in [0.2, 0.25) is 0 Å². The van der Waals surface area contributed by atoms with Gasteiger partial charge in [0, 0.05) is 18.7 Å². The highest BCUT2D eigenvalue weighted by Gasteiger charge is 2.30. The van der Waals surface area contributed by atoms with E-state index in [1.165, 1.54) is 0 Å². The molecule has 0 fully saturated rings. The largest absolute Gasteiger partial charge is 0.416 e. The predicted octanol–water partition coefficient (Wildman–Crippen LogP) is 3.17. The number of nitrogens with one attached hydrogen (secondary N) is 2. The van der Waals surface area contributed by atoms with Gasteiger partial charge in [-0.2, -0.15) is 13.2 Å². The zero-order valence-corrected chi connectivity index (χ0v) is 13.6. The van der Waals surface area contributed by atoms with E-state index in [0.717, 1.165) is 35.3 Å².